The van der Waals surface area contributed by atoms with Gasteiger partial charge in [-0.05, 0) is 35.1 Å². The molecule has 1 aliphatic carbocycles. The van der Waals surface area contributed by atoms with Crippen LogP contribution in [0.3, 0.4) is 0 Å². The van der Waals surface area contributed by atoms with E-state index in [1.165, 1.54) is 60.3 Å². The molecule has 21 heavy (non-hydrogen) atoms. The van der Waals surface area contributed by atoms with Gasteiger partial charge in [-0.1, -0.05) is 86.9 Å². The minimum Gasteiger partial charge on any atom is -0.0674 e. The largest absolute Gasteiger partial charge is 0.0674 e. The highest BCUT2D eigenvalue weighted by Crippen LogP contribution is 2.34. The third-order valence-electron chi connectivity index (χ3n) is 4.26. The summed E-state index contributed by atoms with van der Waals surface area (Å²) in [4.78, 5) is 0. The van der Waals surface area contributed by atoms with Crippen LogP contribution >= 0.6 is 0 Å². The third-order valence-corrected chi connectivity index (χ3v) is 4.26. The van der Waals surface area contributed by atoms with Gasteiger partial charge >= 0.3 is 0 Å². The fourth-order valence-corrected chi connectivity index (χ4v) is 3.01. The van der Waals surface area contributed by atoms with Crippen molar-refractivity contribution in [2.45, 2.75) is 39.0 Å². The first kappa shape index (κ1) is 14.1. The van der Waals surface area contributed by atoms with Crippen molar-refractivity contribution in [1.29, 1.82) is 0 Å². The molecule has 2 aromatic rings. The van der Waals surface area contributed by atoms with Crippen molar-refractivity contribution in [1.82, 2.24) is 0 Å². The van der Waals surface area contributed by atoms with Crippen molar-refractivity contribution < 1.29 is 0 Å². The maximum Gasteiger partial charge on any atom is 0.0563 e. The fraction of sp³-hybridized carbons (Fsp3) is 0.286. The van der Waals surface area contributed by atoms with E-state index in [4.69, 9.17) is 0 Å². The highest BCUT2D eigenvalue weighted by atomic mass is 14.2. The number of hydrogen-bond acceptors (Lipinski definition) is 0. The molecule has 2 aromatic carbocycles. The van der Waals surface area contributed by atoms with Crippen molar-refractivity contribution in [2.24, 2.45) is 0 Å². The lowest BCUT2D eigenvalue weighted by molar-refractivity contribution is 0.667. The first-order valence-corrected chi connectivity index (χ1v) is 8.12. The van der Waals surface area contributed by atoms with Crippen LogP contribution in [-0.2, 0) is 6.42 Å². The monoisotopic (exact) mass is 275 g/mol. The molecule has 0 saturated heterocycles. The van der Waals surface area contributed by atoms with E-state index >= 15 is 0 Å². The molecule has 1 radical (unpaired) electrons. The van der Waals surface area contributed by atoms with Gasteiger partial charge in [-0.2, -0.15) is 0 Å². The Morgan fingerprint density at radius 1 is 0.762 bits per heavy atom. The summed E-state index contributed by atoms with van der Waals surface area (Å²) in [5.41, 5.74) is 5.48. The van der Waals surface area contributed by atoms with Gasteiger partial charge in [0, 0.05) is 0 Å². The second kappa shape index (κ2) is 6.76. The molecular weight excluding hydrogens is 252 g/mol. The van der Waals surface area contributed by atoms with Gasteiger partial charge in [-0.3, -0.25) is 0 Å². The number of hydrogen-bond donors (Lipinski definition) is 0. The molecule has 0 unspecified atom stereocenters. The van der Waals surface area contributed by atoms with Crippen LogP contribution in [0.5, 0.6) is 0 Å². The lowest BCUT2D eigenvalue weighted by Crippen LogP contribution is -1.97. The molecular formula is C21H23. The van der Waals surface area contributed by atoms with Crippen LogP contribution < -0.4 is 0 Å². The maximum atomic E-state index is 2.29. The molecule has 0 nitrogen and oxygen atoms in total. The average Bonchev–Trinajstić information content (AvgIpc) is 2.96. The SMILES string of the molecule is CCCCCCc1ccc([C]2C=Cc3ccccc32)cc1. The Kier molecular flexibility index (Phi) is 4.55. The van der Waals surface area contributed by atoms with E-state index < -0.39 is 0 Å². The van der Waals surface area contributed by atoms with E-state index in [-0.39, 0.29) is 0 Å². The van der Waals surface area contributed by atoms with E-state index in [1.54, 1.807) is 0 Å². The Labute approximate surface area is 128 Å². The van der Waals surface area contributed by atoms with Crippen molar-refractivity contribution in [3.8, 4) is 0 Å². The summed E-state index contributed by atoms with van der Waals surface area (Å²) in [7, 11) is 0. The minimum absolute atomic E-state index is 1.21. The van der Waals surface area contributed by atoms with Gasteiger partial charge in [0.1, 0.15) is 0 Å². The molecule has 3 rings (SSSR count). The molecule has 0 bridgehead atoms. The molecule has 0 amide bonds. The second-order valence-corrected chi connectivity index (χ2v) is 5.84. The number of fused-ring (bicyclic) bond motifs is 1. The van der Waals surface area contributed by atoms with E-state index in [0.717, 1.165) is 0 Å². The predicted molar refractivity (Wildman–Crippen MR) is 91.2 cm³/mol. The van der Waals surface area contributed by atoms with E-state index in [9.17, 15) is 0 Å². The number of rotatable bonds is 6. The van der Waals surface area contributed by atoms with Gasteiger partial charge in [0.05, 0.1) is 5.92 Å². The average molecular weight is 275 g/mol. The van der Waals surface area contributed by atoms with Crippen molar-refractivity contribution in [3.05, 3.63) is 82.8 Å². The summed E-state index contributed by atoms with van der Waals surface area (Å²) in [5, 5.41) is 0. The zero-order chi connectivity index (χ0) is 14.5. The number of allylic oxidation sites excluding steroid dienone is 1. The first-order chi connectivity index (χ1) is 10.4. The molecule has 0 aliphatic heterocycles. The molecule has 107 valence electrons. The smallest absolute Gasteiger partial charge is 0.0563 e. The topological polar surface area (TPSA) is 0 Å². The maximum absolute atomic E-state index is 2.29. The van der Waals surface area contributed by atoms with Gasteiger partial charge in [-0.25, -0.2) is 0 Å². The molecule has 0 heterocycles. The molecule has 1 aliphatic rings. The Balaban J connectivity index is 1.67. The van der Waals surface area contributed by atoms with Gasteiger partial charge in [0.2, 0.25) is 0 Å². The summed E-state index contributed by atoms with van der Waals surface area (Å²) in [6.07, 6.45) is 11.0. The Morgan fingerprint density at radius 2 is 1.57 bits per heavy atom. The number of unbranched alkanes of at least 4 members (excludes halogenated alkanes) is 3. The van der Waals surface area contributed by atoms with Crippen molar-refractivity contribution >= 4 is 6.08 Å². The standard InChI is InChI=1S/C21H23/c1-2-3-4-5-8-17-11-13-19(14-12-17)21-16-15-18-9-6-7-10-20(18)21/h6-7,9-16H,2-5,8H2,1H3. The van der Waals surface area contributed by atoms with Crippen LogP contribution in [0.2, 0.25) is 0 Å². The Bertz CT molecular complexity index is 604. The highest BCUT2D eigenvalue weighted by molar-refractivity contribution is 5.73. The quantitative estimate of drug-likeness (QED) is 0.584. The van der Waals surface area contributed by atoms with E-state index in [0.29, 0.717) is 0 Å². The highest BCUT2D eigenvalue weighted by Gasteiger charge is 2.18. The Morgan fingerprint density at radius 3 is 2.38 bits per heavy atom. The summed E-state index contributed by atoms with van der Waals surface area (Å²) in [6.45, 7) is 2.26. The second-order valence-electron chi connectivity index (χ2n) is 5.84. The molecule has 0 aromatic heterocycles. The lowest BCUT2D eigenvalue weighted by Gasteiger charge is -2.11. The summed E-state index contributed by atoms with van der Waals surface area (Å²) < 4.78 is 0. The van der Waals surface area contributed by atoms with Gasteiger partial charge in [0.25, 0.3) is 0 Å². The van der Waals surface area contributed by atoms with Gasteiger partial charge in [-0.15, -0.1) is 0 Å². The molecule has 0 atom stereocenters. The van der Waals surface area contributed by atoms with Crippen molar-refractivity contribution in [2.75, 3.05) is 0 Å². The van der Waals surface area contributed by atoms with Crippen LogP contribution in [0, 0.1) is 5.92 Å². The zero-order valence-corrected chi connectivity index (χ0v) is 12.8. The Hall–Kier alpha value is -1.82. The first-order valence-electron chi connectivity index (χ1n) is 8.12. The number of benzene rings is 2. The van der Waals surface area contributed by atoms with Crippen LogP contribution in [0.1, 0.15) is 54.9 Å². The van der Waals surface area contributed by atoms with Crippen LogP contribution in [0.25, 0.3) is 6.08 Å². The fourth-order valence-electron chi connectivity index (χ4n) is 3.01. The minimum atomic E-state index is 1.21. The van der Waals surface area contributed by atoms with Crippen LogP contribution in [0.15, 0.2) is 54.6 Å². The lowest BCUT2D eigenvalue weighted by atomic mass is 9.92. The van der Waals surface area contributed by atoms with E-state index in [2.05, 4.69) is 67.6 Å². The van der Waals surface area contributed by atoms with Crippen LogP contribution in [0.4, 0.5) is 0 Å². The zero-order valence-electron chi connectivity index (χ0n) is 12.8. The molecule has 0 saturated carbocycles. The van der Waals surface area contributed by atoms with Gasteiger partial charge < -0.3 is 0 Å². The normalized spacial score (nSPS) is 13.6. The molecule has 0 N–H and O–H groups in total. The van der Waals surface area contributed by atoms with Crippen LogP contribution in [-0.4, -0.2) is 0 Å². The molecule has 0 heteroatoms. The van der Waals surface area contributed by atoms with Crippen molar-refractivity contribution in [3.63, 3.8) is 0 Å². The van der Waals surface area contributed by atoms with E-state index in [1.807, 2.05) is 0 Å². The third kappa shape index (κ3) is 3.26. The predicted octanol–water partition coefficient (Wildman–Crippen LogP) is 5.81. The molecule has 0 spiro atoms. The molecule has 0 fully saturated rings. The summed E-state index contributed by atoms with van der Waals surface area (Å²) >= 11 is 0. The number of aryl methyl sites for hydroxylation is 1. The summed E-state index contributed by atoms with van der Waals surface area (Å²) in [6, 6.07) is 17.8. The van der Waals surface area contributed by atoms with Gasteiger partial charge in [0.15, 0.2) is 0 Å². The summed E-state index contributed by atoms with van der Waals surface area (Å²) in [5.74, 6) is 1.35.